The summed E-state index contributed by atoms with van der Waals surface area (Å²) in [5, 5.41) is 18.5. The second-order valence-electron chi connectivity index (χ2n) is 4.36. The van der Waals surface area contributed by atoms with Gasteiger partial charge in [-0.15, -0.1) is 0 Å². The Balaban J connectivity index is 3.29. The molecule has 1 aromatic rings. The average Bonchev–Trinajstić information content (AvgIpc) is 2.01. The van der Waals surface area contributed by atoms with Crippen molar-refractivity contribution in [3.63, 3.8) is 0 Å². The van der Waals surface area contributed by atoms with Crippen LogP contribution in [0.4, 0.5) is 0 Å². The van der Waals surface area contributed by atoms with Crippen molar-refractivity contribution in [3.8, 4) is 0 Å². The summed E-state index contributed by atoms with van der Waals surface area (Å²) in [6.45, 7) is 6.13. The lowest BCUT2D eigenvalue weighted by Crippen LogP contribution is -2.37. The van der Waals surface area contributed by atoms with Crippen LogP contribution in [0, 0.1) is 0 Å². The molecule has 0 saturated heterocycles. The van der Waals surface area contributed by atoms with Crippen molar-refractivity contribution in [2.45, 2.75) is 26.2 Å². The van der Waals surface area contributed by atoms with Crippen LogP contribution < -0.4 is 5.46 Å². The van der Waals surface area contributed by atoms with Crippen LogP contribution in [0.2, 0.25) is 0 Å². The zero-order valence-corrected chi connectivity index (χ0v) is 10.2. The van der Waals surface area contributed by atoms with Crippen molar-refractivity contribution in [3.05, 3.63) is 28.2 Å². The minimum absolute atomic E-state index is 0.0836. The molecule has 0 fully saturated rings. The highest BCUT2D eigenvalue weighted by atomic mass is 79.9. The fraction of sp³-hybridized carbons (Fsp3) is 0.400. The van der Waals surface area contributed by atoms with Crippen LogP contribution in [0.3, 0.4) is 0 Å². The fourth-order valence-electron chi connectivity index (χ4n) is 1.43. The van der Waals surface area contributed by atoms with Gasteiger partial charge in [0.1, 0.15) is 0 Å². The van der Waals surface area contributed by atoms with Gasteiger partial charge in [0, 0.05) is 4.47 Å². The van der Waals surface area contributed by atoms with Crippen LogP contribution in [0.25, 0.3) is 0 Å². The Morgan fingerprint density at radius 1 is 1.21 bits per heavy atom. The molecular weight excluding hydrogens is 243 g/mol. The molecule has 14 heavy (non-hydrogen) atoms. The Hall–Kier alpha value is -0.315. The molecule has 0 bridgehead atoms. The molecule has 0 aromatic heterocycles. The van der Waals surface area contributed by atoms with Crippen LogP contribution in [-0.4, -0.2) is 17.2 Å². The summed E-state index contributed by atoms with van der Waals surface area (Å²) < 4.78 is 0.855. The van der Waals surface area contributed by atoms with Gasteiger partial charge in [0.25, 0.3) is 0 Å². The number of halogens is 1. The molecule has 0 amide bonds. The van der Waals surface area contributed by atoms with Gasteiger partial charge in [0.2, 0.25) is 0 Å². The molecule has 0 saturated carbocycles. The van der Waals surface area contributed by atoms with Gasteiger partial charge in [-0.2, -0.15) is 0 Å². The first kappa shape index (κ1) is 11.8. The van der Waals surface area contributed by atoms with Gasteiger partial charge in [-0.3, -0.25) is 0 Å². The lowest BCUT2D eigenvalue weighted by atomic mass is 9.70. The molecule has 0 atom stereocenters. The molecule has 4 heteroatoms. The molecule has 0 radical (unpaired) electrons. The quantitative estimate of drug-likeness (QED) is 0.747. The predicted molar refractivity (Wildman–Crippen MR) is 62.7 cm³/mol. The zero-order valence-electron chi connectivity index (χ0n) is 8.58. The van der Waals surface area contributed by atoms with Gasteiger partial charge < -0.3 is 10.0 Å². The molecule has 1 rings (SSSR count). The maximum Gasteiger partial charge on any atom is 0.488 e. The summed E-state index contributed by atoms with van der Waals surface area (Å²) in [5.41, 5.74) is 1.43. The third-order valence-corrected chi connectivity index (χ3v) is 2.59. The van der Waals surface area contributed by atoms with Gasteiger partial charge >= 0.3 is 7.12 Å². The van der Waals surface area contributed by atoms with E-state index < -0.39 is 7.12 Å². The zero-order chi connectivity index (χ0) is 10.9. The van der Waals surface area contributed by atoms with E-state index in [2.05, 4.69) is 15.9 Å². The van der Waals surface area contributed by atoms with E-state index in [9.17, 15) is 10.0 Å². The Bertz CT molecular complexity index is 331. The highest BCUT2D eigenvalue weighted by Crippen LogP contribution is 2.22. The predicted octanol–water partition coefficient (Wildman–Crippen LogP) is 1.43. The van der Waals surface area contributed by atoms with Crippen molar-refractivity contribution in [1.82, 2.24) is 0 Å². The highest BCUT2D eigenvalue weighted by molar-refractivity contribution is 9.10. The van der Waals surface area contributed by atoms with Crippen LogP contribution in [-0.2, 0) is 5.41 Å². The van der Waals surface area contributed by atoms with E-state index in [1.807, 2.05) is 32.9 Å². The fourth-order valence-corrected chi connectivity index (χ4v) is 1.81. The standard InChI is InChI=1S/C10H14BBrO2/c1-10(2,3)8-5-4-7(12)6-9(8)11(13)14/h4-6,13-14H,1-3H3. The van der Waals surface area contributed by atoms with Gasteiger partial charge in [-0.25, -0.2) is 0 Å². The molecule has 2 nitrogen and oxygen atoms in total. The minimum atomic E-state index is -1.42. The molecule has 0 spiro atoms. The summed E-state index contributed by atoms with van der Waals surface area (Å²) in [6.07, 6.45) is 0. The Morgan fingerprint density at radius 3 is 2.21 bits per heavy atom. The summed E-state index contributed by atoms with van der Waals surface area (Å²) in [5.74, 6) is 0. The van der Waals surface area contributed by atoms with Gasteiger partial charge in [0.15, 0.2) is 0 Å². The van der Waals surface area contributed by atoms with E-state index in [4.69, 9.17) is 0 Å². The lowest BCUT2D eigenvalue weighted by Gasteiger charge is -2.23. The smallest absolute Gasteiger partial charge is 0.423 e. The first-order valence-electron chi connectivity index (χ1n) is 4.48. The first-order valence-corrected chi connectivity index (χ1v) is 5.28. The maximum atomic E-state index is 9.23. The monoisotopic (exact) mass is 256 g/mol. The van der Waals surface area contributed by atoms with Crippen LogP contribution >= 0.6 is 15.9 Å². The van der Waals surface area contributed by atoms with E-state index in [0.717, 1.165) is 10.0 Å². The third kappa shape index (κ3) is 2.59. The summed E-state index contributed by atoms with van der Waals surface area (Å²) in [4.78, 5) is 0. The van der Waals surface area contributed by atoms with Crippen LogP contribution in [0.1, 0.15) is 26.3 Å². The van der Waals surface area contributed by atoms with E-state index in [1.165, 1.54) is 0 Å². The van der Waals surface area contributed by atoms with E-state index in [0.29, 0.717) is 5.46 Å². The molecule has 2 N–H and O–H groups in total. The SMILES string of the molecule is CC(C)(C)c1ccc(Br)cc1B(O)O. The summed E-state index contributed by atoms with van der Waals surface area (Å²) in [6, 6.07) is 5.57. The van der Waals surface area contributed by atoms with Gasteiger partial charge in [-0.05, 0) is 28.6 Å². The molecule has 0 aliphatic carbocycles. The maximum absolute atomic E-state index is 9.23. The van der Waals surface area contributed by atoms with Crippen molar-refractivity contribution in [2.24, 2.45) is 0 Å². The third-order valence-electron chi connectivity index (χ3n) is 2.10. The van der Waals surface area contributed by atoms with E-state index >= 15 is 0 Å². The second-order valence-corrected chi connectivity index (χ2v) is 5.27. The Kier molecular flexibility index (Phi) is 3.40. The number of rotatable bonds is 1. The number of hydrogen-bond donors (Lipinski definition) is 2. The molecular formula is C10H14BBrO2. The van der Waals surface area contributed by atoms with Crippen molar-refractivity contribution >= 4 is 28.5 Å². The van der Waals surface area contributed by atoms with Crippen molar-refractivity contribution in [2.75, 3.05) is 0 Å². The van der Waals surface area contributed by atoms with E-state index in [1.54, 1.807) is 6.07 Å². The minimum Gasteiger partial charge on any atom is -0.423 e. The van der Waals surface area contributed by atoms with Gasteiger partial charge in [0.05, 0.1) is 0 Å². The highest BCUT2D eigenvalue weighted by Gasteiger charge is 2.23. The molecule has 0 aliphatic rings. The molecule has 1 aromatic carbocycles. The van der Waals surface area contributed by atoms with E-state index in [-0.39, 0.29) is 5.41 Å². The summed E-state index contributed by atoms with van der Waals surface area (Å²) in [7, 11) is -1.42. The van der Waals surface area contributed by atoms with Gasteiger partial charge in [-0.1, -0.05) is 42.8 Å². The van der Waals surface area contributed by atoms with Crippen molar-refractivity contribution < 1.29 is 10.0 Å². The molecule has 0 unspecified atom stereocenters. The summed E-state index contributed by atoms with van der Waals surface area (Å²) >= 11 is 3.31. The topological polar surface area (TPSA) is 40.5 Å². The van der Waals surface area contributed by atoms with Crippen molar-refractivity contribution in [1.29, 1.82) is 0 Å². The number of benzene rings is 1. The molecule has 0 aliphatic heterocycles. The molecule has 76 valence electrons. The Labute approximate surface area is 93.2 Å². The van der Waals surface area contributed by atoms with Crippen LogP contribution in [0.5, 0.6) is 0 Å². The Morgan fingerprint density at radius 2 is 1.79 bits per heavy atom. The average molecular weight is 257 g/mol. The lowest BCUT2D eigenvalue weighted by molar-refractivity contribution is 0.424. The largest absolute Gasteiger partial charge is 0.488 e. The second kappa shape index (κ2) is 4.05. The first-order chi connectivity index (χ1) is 6.32. The van der Waals surface area contributed by atoms with Crippen LogP contribution in [0.15, 0.2) is 22.7 Å². The number of hydrogen-bond acceptors (Lipinski definition) is 2. The normalized spacial score (nSPS) is 11.6. The molecule has 0 heterocycles.